The highest BCUT2D eigenvalue weighted by molar-refractivity contribution is 7.10. The van der Waals surface area contributed by atoms with Crippen LogP contribution in [0.1, 0.15) is 16.9 Å². The van der Waals surface area contributed by atoms with Gasteiger partial charge in [-0.2, -0.15) is 11.3 Å². The topological polar surface area (TPSA) is 23.6 Å². The van der Waals surface area contributed by atoms with Crippen molar-refractivity contribution in [2.24, 2.45) is 0 Å². The molecular formula is C16H20N2OS2. The molecular weight excluding hydrogens is 300 g/mol. The lowest BCUT2D eigenvalue weighted by Gasteiger charge is -2.21. The number of amides is 1. The van der Waals surface area contributed by atoms with Gasteiger partial charge < -0.3 is 4.90 Å². The summed E-state index contributed by atoms with van der Waals surface area (Å²) < 4.78 is 0. The molecule has 21 heavy (non-hydrogen) atoms. The number of rotatable bonds is 4. The average molecular weight is 320 g/mol. The molecule has 5 heteroatoms. The number of hydrogen-bond donors (Lipinski definition) is 0. The van der Waals surface area contributed by atoms with E-state index in [4.69, 9.17) is 0 Å². The molecule has 0 aliphatic carbocycles. The van der Waals surface area contributed by atoms with E-state index in [2.05, 4.69) is 21.7 Å². The van der Waals surface area contributed by atoms with Gasteiger partial charge in [-0.25, -0.2) is 0 Å². The van der Waals surface area contributed by atoms with Gasteiger partial charge in [0.1, 0.15) is 0 Å². The van der Waals surface area contributed by atoms with Gasteiger partial charge in [0.25, 0.3) is 0 Å². The van der Waals surface area contributed by atoms with Crippen LogP contribution in [0.5, 0.6) is 0 Å². The molecule has 0 saturated carbocycles. The summed E-state index contributed by atoms with van der Waals surface area (Å²) in [6.45, 7) is 4.82. The van der Waals surface area contributed by atoms with Crippen LogP contribution in [0.3, 0.4) is 0 Å². The lowest BCUT2D eigenvalue weighted by atomic mass is 10.3. The van der Waals surface area contributed by atoms with Crippen molar-refractivity contribution in [1.29, 1.82) is 0 Å². The molecule has 112 valence electrons. The van der Waals surface area contributed by atoms with Gasteiger partial charge in [0.2, 0.25) is 5.91 Å². The van der Waals surface area contributed by atoms with Crippen molar-refractivity contribution in [3.05, 3.63) is 44.8 Å². The fraction of sp³-hybridized carbons (Fsp3) is 0.438. The lowest BCUT2D eigenvalue weighted by Crippen LogP contribution is -2.35. The Morgan fingerprint density at radius 2 is 2.10 bits per heavy atom. The number of carbonyl (C=O) groups excluding carboxylic acids is 1. The van der Waals surface area contributed by atoms with Crippen LogP contribution in [0, 0.1) is 0 Å². The first-order valence-electron chi connectivity index (χ1n) is 7.35. The molecule has 0 radical (unpaired) electrons. The van der Waals surface area contributed by atoms with Gasteiger partial charge in [-0.3, -0.25) is 9.69 Å². The van der Waals surface area contributed by atoms with E-state index in [-0.39, 0.29) is 5.91 Å². The summed E-state index contributed by atoms with van der Waals surface area (Å²) in [6, 6.07) is 6.25. The van der Waals surface area contributed by atoms with Crippen LogP contribution in [0.25, 0.3) is 0 Å². The molecule has 0 bridgehead atoms. The zero-order valence-corrected chi connectivity index (χ0v) is 13.7. The molecule has 0 aromatic carbocycles. The van der Waals surface area contributed by atoms with E-state index in [0.717, 1.165) is 39.1 Å². The Hall–Kier alpha value is -1.17. The average Bonchev–Trinajstić information content (AvgIpc) is 3.11. The van der Waals surface area contributed by atoms with Gasteiger partial charge in [0.15, 0.2) is 0 Å². The molecule has 3 rings (SSSR count). The van der Waals surface area contributed by atoms with Gasteiger partial charge in [-0.1, -0.05) is 6.07 Å². The fourth-order valence-electron chi connectivity index (χ4n) is 2.69. The molecule has 1 aliphatic rings. The van der Waals surface area contributed by atoms with Crippen molar-refractivity contribution in [2.75, 3.05) is 26.2 Å². The summed E-state index contributed by atoms with van der Waals surface area (Å²) in [5, 5.41) is 6.38. The minimum Gasteiger partial charge on any atom is -0.341 e. The standard InChI is InChI=1S/C16H20N2OS2/c19-16(11-15-3-1-9-21-15)18-6-2-5-17(7-8-18)12-14-4-10-20-13-14/h1,3-4,9-10,13H,2,5-8,11-12H2. The van der Waals surface area contributed by atoms with Crippen LogP contribution in [0.4, 0.5) is 0 Å². The number of thiophene rings is 2. The monoisotopic (exact) mass is 320 g/mol. The molecule has 2 aromatic rings. The zero-order valence-electron chi connectivity index (χ0n) is 12.0. The van der Waals surface area contributed by atoms with Crippen LogP contribution in [-0.2, 0) is 17.8 Å². The highest BCUT2D eigenvalue weighted by atomic mass is 32.1. The summed E-state index contributed by atoms with van der Waals surface area (Å²) in [6.07, 6.45) is 1.63. The molecule has 2 aromatic heterocycles. The minimum absolute atomic E-state index is 0.273. The Morgan fingerprint density at radius 1 is 1.14 bits per heavy atom. The molecule has 1 fully saturated rings. The zero-order chi connectivity index (χ0) is 14.5. The van der Waals surface area contributed by atoms with E-state index < -0.39 is 0 Å². The molecule has 1 aliphatic heterocycles. The van der Waals surface area contributed by atoms with Crippen LogP contribution >= 0.6 is 22.7 Å². The summed E-state index contributed by atoms with van der Waals surface area (Å²) in [7, 11) is 0. The lowest BCUT2D eigenvalue weighted by molar-refractivity contribution is -0.130. The predicted molar refractivity (Wildman–Crippen MR) is 88.8 cm³/mol. The summed E-state index contributed by atoms with van der Waals surface area (Å²) in [4.78, 5) is 18.0. The van der Waals surface area contributed by atoms with Gasteiger partial charge >= 0.3 is 0 Å². The van der Waals surface area contributed by atoms with Gasteiger partial charge in [0, 0.05) is 37.6 Å². The minimum atomic E-state index is 0.273. The Morgan fingerprint density at radius 3 is 2.86 bits per heavy atom. The van der Waals surface area contributed by atoms with Crippen molar-refractivity contribution in [3.8, 4) is 0 Å². The Balaban J connectivity index is 1.51. The quantitative estimate of drug-likeness (QED) is 0.864. The maximum atomic E-state index is 12.4. The van der Waals surface area contributed by atoms with E-state index in [0.29, 0.717) is 6.42 Å². The normalized spacial score (nSPS) is 16.9. The first-order valence-corrected chi connectivity index (χ1v) is 9.17. The Labute approximate surface area is 133 Å². The van der Waals surface area contributed by atoms with Gasteiger partial charge in [-0.05, 0) is 40.3 Å². The largest absolute Gasteiger partial charge is 0.341 e. The van der Waals surface area contributed by atoms with E-state index >= 15 is 0 Å². The fourth-order valence-corrected chi connectivity index (χ4v) is 4.05. The first kappa shape index (κ1) is 14.8. The van der Waals surface area contributed by atoms with Gasteiger partial charge in [-0.15, -0.1) is 11.3 Å². The van der Waals surface area contributed by atoms with Crippen LogP contribution in [0.2, 0.25) is 0 Å². The van der Waals surface area contributed by atoms with E-state index in [1.54, 1.807) is 22.7 Å². The highest BCUT2D eigenvalue weighted by Gasteiger charge is 2.19. The third kappa shape index (κ3) is 4.15. The number of nitrogens with zero attached hydrogens (tertiary/aromatic N) is 2. The summed E-state index contributed by atoms with van der Waals surface area (Å²) >= 11 is 3.42. The van der Waals surface area contributed by atoms with E-state index in [9.17, 15) is 4.79 Å². The second-order valence-corrected chi connectivity index (χ2v) is 7.21. The van der Waals surface area contributed by atoms with Crippen molar-refractivity contribution < 1.29 is 4.79 Å². The maximum absolute atomic E-state index is 12.4. The molecule has 3 nitrogen and oxygen atoms in total. The van der Waals surface area contributed by atoms with Crippen LogP contribution in [-0.4, -0.2) is 41.9 Å². The molecule has 1 amide bonds. The number of carbonyl (C=O) groups is 1. The van der Waals surface area contributed by atoms with Gasteiger partial charge in [0.05, 0.1) is 6.42 Å². The SMILES string of the molecule is O=C(Cc1cccs1)N1CCCN(Cc2ccsc2)CC1. The van der Waals surface area contributed by atoms with Crippen LogP contribution in [0.15, 0.2) is 34.3 Å². The van der Waals surface area contributed by atoms with Crippen LogP contribution < -0.4 is 0 Å². The number of hydrogen-bond acceptors (Lipinski definition) is 4. The first-order chi connectivity index (χ1) is 10.3. The Bertz CT molecular complexity index is 551. The molecule has 0 atom stereocenters. The highest BCUT2D eigenvalue weighted by Crippen LogP contribution is 2.14. The predicted octanol–water partition coefficient (Wildman–Crippen LogP) is 3.09. The maximum Gasteiger partial charge on any atom is 0.227 e. The summed E-state index contributed by atoms with van der Waals surface area (Å²) in [5.41, 5.74) is 1.39. The molecule has 0 N–H and O–H groups in total. The third-order valence-electron chi connectivity index (χ3n) is 3.83. The molecule has 1 saturated heterocycles. The second kappa shape index (κ2) is 7.20. The smallest absolute Gasteiger partial charge is 0.227 e. The third-order valence-corrected chi connectivity index (χ3v) is 5.44. The van der Waals surface area contributed by atoms with Crippen molar-refractivity contribution in [2.45, 2.75) is 19.4 Å². The van der Waals surface area contributed by atoms with E-state index in [1.807, 2.05) is 22.4 Å². The summed E-state index contributed by atoms with van der Waals surface area (Å²) in [5.74, 6) is 0.273. The van der Waals surface area contributed by atoms with Crippen molar-refractivity contribution >= 4 is 28.6 Å². The molecule has 3 heterocycles. The second-order valence-electron chi connectivity index (χ2n) is 5.40. The van der Waals surface area contributed by atoms with E-state index in [1.165, 1.54) is 10.4 Å². The molecule has 0 unspecified atom stereocenters. The van der Waals surface area contributed by atoms with Crippen molar-refractivity contribution in [1.82, 2.24) is 9.80 Å². The Kier molecular flexibility index (Phi) is 5.06. The molecule has 0 spiro atoms. The van der Waals surface area contributed by atoms with Crippen molar-refractivity contribution in [3.63, 3.8) is 0 Å².